The molecule has 0 atom stereocenters. The summed E-state index contributed by atoms with van der Waals surface area (Å²) in [5.74, 6) is 0. The molecule has 0 fully saturated rings. The van der Waals surface area contributed by atoms with Crippen LogP contribution in [-0.2, 0) is 4.52 Å². The van der Waals surface area contributed by atoms with Crippen molar-refractivity contribution in [2.45, 2.75) is 19.5 Å². The fourth-order valence-electron chi connectivity index (χ4n) is 0.330. The number of halogens is 1. The molecule has 0 aromatic carbocycles. The zero-order chi connectivity index (χ0) is 7.49. The summed E-state index contributed by atoms with van der Waals surface area (Å²) < 4.78 is 5.17. The Bertz CT molecular complexity index is 87.0. The fraction of sp³-hybridized carbons (Fsp3) is 1.00. The van der Waals surface area contributed by atoms with Gasteiger partial charge in [0.05, 0.1) is 0 Å². The Hall–Kier alpha value is 0.640. The van der Waals surface area contributed by atoms with Gasteiger partial charge in [-0.05, 0) is 0 Å². The van der Waals surface area contributed by atoms with E-state index in [2.05, 4.69) is 13.8 Å². The Kier molecular flexibility index (Phi) is 3.99. The summed E-state index contributed by atoms with van der Waals surface area (Å²) in [5.41, 5.74) is 5.60. The van der Waals surface area contributed by atoms with E-state index in [1.54, 1.807) is 0 Å². The molecule has 2 N–H and O–H groups in total. The molecule has 0 amide bonds. The van der Waals surface area contributed by atoms with Crippen molar-refractivity contribution in [3.05, 3.63) is 0 Å². The summed E-state index contributed by atoms with van der Waals surface area (Å²) in [6, 6.07) is 0. The van der Waals surface area contributed by atoms with Crippen LogP contribution in [0.4, 0.5) is 0 Å². The van der Waals surface area contributed by atoms with Crippen LogP contribution in [-0.4, -0.2) is 19.1 Å². The number of nitrogens with two attached hydrogens (primary N) is 1. The van der Waals surface area contributed by atoms with Gasteiger partial charge in [-0.2, -0.15) is 0 Å². The van der Waals surface area contributed by atoms with Gasteiger partial charge in [0.15, 0.2) is 0 Å². The molecule has 0 aromatic heterocycles. The van der Waals surface area contributed by atoms with Crippen molar-refractivity contribution < 1.29 is 4.52 Å². The first-order valence-corrected chi connectivity index (χ1v) is 6.53. The first-order valence-electron chi connectivity index (χ1n) is 3.03. The van der Waals surface area contributed by atoms with Gasteiger partial charge in [-0.3, -0.25) is 0 Å². The van der Waals surface area contributed by atoms with Crippen LogP contribution in [0.5, 0.6) is 0 Å². The van der Waals surface area contributed by atoms with Crippen molar-refractivity contribution in [3.8, 4) is 0 Å². The Morgan fingerprint density at radius 1 is 1.67 bits per heavy atom. The Morgan fingerprint density at radius 2 is 2.11 bits per heavy atom. The molecule has 0 aromatic rings. The third kappa shape index (κ3) is 3.36. The van der Waals surface area contributed by atoms with Crippen LogP contribution < -0.4 is 5.73 Å². The molecule has 0 saturated heterocycles. The standard InChI is InChI=1S/C5H15ClNOP/c1-5(2)9(3,6)8-4-7/h5,9H,4,7H2,1-3H3. The normalized spacial score (nSPS) is 14.4. The van der Waals surface area contributed by atoms with Gasteiger partial charge >= 0.3 is 61.2 Å². The summed E-state index contributed by atoms with van der Waals surface area (Å²) in [6.07, 6.45) is 0. The van der Waals surface area contributed by atoms with Crippen molar-refractivity contribution in [1.82, 2.24) is 0 Å². The molecule has 9 heavy (non-hydrogen) atoms. The maximum absolute atomic E-state index is 6.01. The van der Waals surface area contributed by atoms with Gasteiger partial charge in [0.2, 0.25) is 0 Å². The number of hydrogen-bond donors (Lipinski definition) is 1. The molecule has 4 heteroatoms. The van der Waals surface area contributed by atoms with Crippen LogP contribution in [0.25, 0.3) is 0 Å². The van der Waals surface area contributed by atoms with Crippen LogP contribution >= 0.6 is 18.1 Å². The Labute approximate surface area is 61.9 Å². The molecular weight excluding hydrogens is 156 g/mol. The number of rotatable bonds is 3. The van der Waals surface area contributed by atoms with Crippen molar-refractivity contribution in [3.63, 3.8) is 0 Å². The molecule has 58 valence electrons. The molecule has 0 unspecified atom stereocenters. The zero-order valence-corrected chi connectivity index (χ0v) is 7.90. The molecule has 0 aliphatic rings. The van der Waals surface area contributed by atoms with Gasteiger partial charge in [-0.25, -0.2) is 0 Å². The van der Waals surface area contributed by atoms with Gasteiger partial charge < -0.3 is 0 Å². The van der Waals surface area contributed by atoms with Gasteiger partial charge in [0.1, 0.15) is 0 Å². The van der Waals surface area contributed by atoms with Crippen LogP contribution in [0, 0.1) is 0 Å². The van der Waals surface area contributed by atoms with Gasteiger partial charge in [-0.15, -0.1) is 0 Å². The quantitative estimate of drug-likeness (QED) is 0.519. The van der Waals surface area contributed by atoms with Crippen LogP contribution in [0.1, 0.15) is 13.8 Å². The van der Waals surface area contributed by atoms with E-state index >= 15 is 0 Å². The summed E-state index contributed by atoms with van der Waals surface area (Å²) in [7, 11) is 0. The van der Waals surface area contributed by atoms with Gasteiger partial charge in [0.25, 0.3) is 0 Å². The fourth-order valence-corrected chi connectivity index (χ4v) is 1.18. The van der Waals surface area contributed by atoms with Crippen LogP contribution in [0.2, 0.25) is 0 Å². The van der Waals surface area contributed by atoms with Crippen molar-refractivity contribution >= 4 is 18.1 Å². The van der Waals surface area contributed by atoms with E-state index in [1.807, 2.05) is 6.66 Å². The van der Waals surface area contributed by atoms with E-state index in [0.717, 1.165) is 0 Å². The second-order valence-electron chi connectivity index (χ2n) is 2.45. The van der Waals surface area contributed by atoms with Gasteiger partial charge in [-0.1, -0.05) is 0 Å². The molecule has 0 aliphatic heterocycles. The minimum absolute atomic E-state index is 0.240. The van der Waals surface area contributed by atoms with E-state index in [1.165, 1.54) is 0 Å². The third-order valence-corrected chi connectivity index (χ3v) is 5.83. The van der Waals surface area contributed by atoms with E-state index in [0.29, 0.717) is 5.66 Å². The Balaban J connectivity index is 3.70. The summed E-state index contributed by atoms with van der Waals surface area (Å²) in [6.45, 7) is 4.36. The molecule has 0 spiro atoms. The molecule has 2 nitrogen and oxygen atoms in total. The molecule has 0 heterocycles. The second kappa shape index (κ2) is 3.72. The molecular formula is C5H15ClNOP. The molecule has 0 rings (SSSR count). The van der Waals surface area contributed by atoms with Gasteiger partial charge in [0, 0.05) is 0 Å². The third-order valence-electron chi connectivity index (χ3n) is 1.40. The van der Waals surface area contributed by atoms with Crippen LogP contribution in [0.15, 0.2) is 0 Å². The summed E-state index contributed by atoms with van der Waals surface area (Å²) >= 11 is 6.01. The number of hydrogen-bond acceptors (Lipinski definition) is 2. The average Bonchev–Trinajstić information content (AvgIpc) is 1.65. The van der Waals surface area contributed by atoms with Crippen LogP contribution in [0.3, 0.4) is 0 Å². The molecule has 0 saturated carbocycles. The average molecular weight is 172 g/mol. The Morgan fingerprint density at radius 3 is 2.22 bits per heavy atom. The van der Waals surface area contributed by atoms with Crippen molar-refractivity contribution in [2.75, 3.05) is 13.4 Å². The molecule has 0 radical (unpaired) electrons. The SMILES string of the molecule is CC(C)[PH](C)(Cl)OCN. The minimum atomic E-state index is -1.93. The summed E-state index contributed by atoms with van der Waals surface area (Å²) in [5, 5.41) is 0. The molecule has 0 aliphatic carbocycles. The summed E-state index contributed by atoms with van der Waals surface area (Å²) in [4.78, 5) is 0. The van der Waals surface area contributed by atoms with E-state index in [9.17, 15) is 0 Å². The van der Waals surface area contributed by atoms with Crippen molar-refractivity contribution in [2.24, 2.45) is 5.73 Å². The first-order chi connectivity index (χ1) is 4.00. The maximum atomic E-state index is 6.01. The zero-order valence-electron chi connectivity index (χ0n) is 6.15. The molecule has 0 bridgehead atoms. The monoisotopic (exact) mass is 171 g/mol. The first kappa shape index (κ1) is 9.64. The topological polar surface area (TPSA) is 35.2 Å². The second-order valence-corrected chi connectivity index (χ2v) is 8.12. The van der Waals surface area contributed by atoms with E-state index in [-0.39, 0.29) is 6.73 Å². The van der Waals surface area contributed by atoms with Crippen molar-refractivity contribution in [1.29, 1.82) is 0 Å². The van der Waals surface area contributed by atoms with E-state index < -0.39 is 6.84 Å². The van der Waals surface area contributed by atoms with E-state index in [4.69, 9.17) is 21.5 Å². The predicted octanol–water partition coefficient (Wildman–Crippen LogP) is 1.78. The predicted molar refractivity (Wildman–Crippen MR) is 45.4 cm³/mol.